The van der Waals surface area contributed by atoms with Crippen molar-refractivity contribution >= 4 is 35.0 Å². The van der Waals surface area contributed by atoms with Gasteiger partial charge in [0.15, 0.2) is 0 Å². The van der Waals surface area contributed by atoms with Gasteiger partial charge in [-0.05, 0) is 37.6 Å². The van der Waals surface area contributed by atoms with E-state index in [9.17, 15) is 9.59 Å². The van der Waals surface area contributed by atoms with E-state index in [1.54, 1.807) is 32.4 Å². The molecule has 0 saturated carbocycles. The van der Waals surface area contributed by atoms with Crippen LogP contribution < -0.4 is 20.1 Å². The van der Waals surface area contributed by atoms with Crippen LogP contribution in [0.5, 0.6) is 11.5 Å². The van der Waals surface area contributed by atoms with Crippen molar-refractivity contribution in [2.24, 2.45) is 0 Å². The summed E-state index contributed by atoms with van der Waals surface area (Å²) in [6.07, 6.45) is 2.40. The van der Waals surface area contributed by atoms with Gasteiger partial charge in [0.1, 0.15) is 11.5 Å². The number of methoxy groups -OCH3 is 2. The van der Waals surface area contributed by atoms with E-state index in [0.717, 1.165) is 23.4 Å². The van der Waals surface area contributed by atoms with Crippen LogP contribution in [0.15, 0.2) is 47.4 Å². The van der Waals surface area contributed by atoms with Crippen molar-refractivity contribution in [1.29, 1.82) is 0 Å². The maximum absolute atomic E-state index is 12.6. The predicted molar refractivity (Wildman–Crippen MR) is 118 cm³/mol. The zero-order valence-corrected chi connectivity index (χ0v) is 18.1. The molecule has 0 aliphatic carbocycles. The van der Waals surface area contributed by atoms with E-state index in [0.29, 0.717) is 23.6 Å². The van der Waals surface area contributed by atoms with Gasteiger partial charge in [0.2, 0.25) is 11.8 Å². The van der Waals surface area contributed by atoms with Crippen molar-refractivity contribution in [3.05, 3.63) is 42.5 Å². The molecule has 2 N–H and O–H groups in total. The third-order valence-electron chi connectivity index (χ3n) is 4.20. The largest absolute Gasteiger partial charge is 0.497 e. The number of thioether (sulfide) groups is 1. The lowest BCUT2D eigenvalue weighted by Gasteiger charge is -2.14. The average Bonchev–Trinajstić information content (AvgIpc) is 2.73. The molecule has 156 valence electrons. The molecule has 2 aromatic rings. The second-order valence-electron chi connectivity index (χ2n) is 6.53. The monoisotopic (exact) mass is 416 g/mol. The molecule has 0 fully saturated rings. The second-order valence-corrected chi connectivity index (χ2v) is 7.94. The highest BCUT2D eigenvalue weighted by molar-refractivity contribution is 8.00. The number of anilines is 2. The number of nitrogens with one attached hydrogen (secondary N) is 2. The van der Waals surface area contributed by atoms with E-state index in [4.69, 9.17) is 9.47 Å². The summed E-state index contributed by atoms with van der Waals surface area (Å²) in [6, 6.07) is 12.7. The Bertz CT molecular complexity index is 802. The standard InChI is InChI=1S/C22H28N2O4S/c1-5-6-7-21(25)23-16-8-10-20(11-9-16)29-15(2)22(26)24-17-12-18(27-3)14-19(13-17)28-4/h8-15H,5-7H2,1-4H3,(H,23,25)(H,24,26). The Hall–Kier alpha value is -2.67. The van der Waals surface area contributed by atoms with Crippen molar-refractivity contribution in [1.82, 2.24) is 0 Å². The normalized spacial score (nSPS) is 11.4. The van der Waals surface area contributed by atoms with Gasteiger partial charge in [0.25, 0.3) is 0 Å². The second kappa shape index (κ2) is 11.4. The first-order chi connectivity index (χ1) is 13.9. The Morgan fingerprint density at radius 2 is 1.59 bits per heavy atom. The van der Waals surface area contributed by atoms with Gasteiger partial charge in [0.05, 0.1) is 19.5 Å². The van der Waals surface area contributed by atoms with Crippen LogP contribution in [0.3, 0.4) is 0 Å². The fourth-order valence-electron chi connectivity index (χ4n) is 2.56. The summed E-state index contributed by atoms with van der Waals surface area (Å²) in [4.78, 5) is 25.3. The Kier molecular flexibility index (Phi) is 8.86. The molecule has 0 spiro atoms. The number of carbonyl (C=O) groups excluding carboxylic acids is 2. The highest BCUT2D eigenvalue weighted by Crippen LogP contribution is 2.28. The summed E-state index contributed by atoms with van der Waals surface area (Å²) in [5, 5.41) is 5.47. The summed E-state index contributed by atoms with van der Waals surface area (Å²) in [6.45, 7) is 3.90. The molecule has 29 heavy (non-hydrogen) atoms. The van der Waals surface area contributed by atoms with Gasteiger partial charge in [0, 0.05) is 40.9 Å². The van der Waals surface area contributed by atoms with Gasteiger partial charge < -0.3 is 20.1 Å². The lowest BCUT2D eigenvalue weighted by molar-refractivity contribution is -0.116. The van der Waals surface area contributed by atoms with Gasteiger partial charge in [-0.1, -0.05) is 13.3 Å². The van der Waals surface area contributed by atoms with Crippen molar-refractivity contribution in [3.8, 4) is 11.5 Å². The van der Waals surface area contributed by atoms with Crippen molar-refractivity contribution in [2.45, 2.75) is 43.3 Å². The van der Waals surface area contributed by atoms with E-state index in [1.165, 1.54) is 11.8 Å². The first-order valence-electron chi connectivity index (χ1n) is 9.55. The molecule has 0 bridgehead atoms. The first-order valence-corrected chi connectivity index (χ1v) is 10.4. The molecular formula is C22H28N2O4S. The Morgan fingerprint density at radius 1 is 0.966 bits per heavy atom. The minimum absolute atomic E-state index is 0.0220. The number of unbranched alkanes of at least 4 members (excludes halogenated alkanes) is 1. The minimum atomic E-state index is -0.308. The highest BCUT2D eigenvalue weighted by Gasteiger charge is 2.16. The van der Waals surface area contributed by atoms with Crippen molar-refractivity contribution in [3.63, 3.8) is 0 Å². The fourth-order valence-corrected chi connectivity index (χ4v) is 3.43. The average molecular weight is 417 g/mol. The topological polar surface area (TPSA) is 76.7 Å². The van der Waals surface area contributed by atoms with Gasteiger partial charge >= 0.3 is 0 Å². The summed E-state index contributed by atoms with van der Waals surface area (Å²) in [5.41, 5.74) is 1.37. The van der Waals surface area contributed by atoms with E-state index < -0.39 is 0 Å². The molecule has 0 aliphatic heterocycles. The maximum Gasteiger partial charge on any atom is 0.237 e. The van der Waals surface area contributed by atoms with Gasteiger partial charge in [-0.25, -0.2) is 0 Å². The van der Waals surface area contributed by atoms with Crippen molar-refractivity contribution < 1.29 is 19.1 Å². The smallest absolute Gasteiger partial charge is 0.237 e. The third-order valence-corrected chi connectivity index (χ3v) is 5.31. The Morgan fingerprint density at radius 3 is 2.14 bits per heavy atom. The molecule has 2 amide bonds. The highest BCUT2D eigenvalue weighted by atomic mass is 32.2. The number of carbonyl (C=O) groups is 2. The van der Waals surface area contributed by atoms with Crippen LogP contribution in [-0.4, -0.2) is 31.3 Å². The molecule has 7 heteroatoms. The van der Waals surface area contributed by atoms with Crippen molar-refractivity contribution in [2.75, 3.05) is 24.9 Å². The van der Waals surface area contributed by atoms with E-state index in [2.05, 4.69) is 17.6 Å². The number of benzene rings is 2. The molecular weight excluding hydrogens is 388 g/mol. The molecule has 0 saturated heterocycles. The van der Waals surface area contributed by atoms with Crippen LogP contribution in [-0.2, 0) is 9.59 Å². The fraction of sp³-hybridized carbons (Fsp3) is 0.364. The first kappa shape index (κ1) is 22.6. The van der Waals surface area contributed by atoms with Crippen LogP contribution in [0.2, 0.25) is 0 Å². The molecule has 1 atom stereocenters. The number of hydrogen-bond donors (Lipinski definition) is 2. The zero-order valence-electron chi connectivity index (χ0n) is 17.3. The Balaban J connectivity index is 1.93. The molecule has 1 unspecified atom stereocenters. The number of rotatable bonds is 10. The summed E-state index contributed by atoms with van der Waals surface area (Å²) < 4.78 is 10.5. The molecule has 0 aliphatic rings. The maximum atomic E-state index is 12.6. The van der Waals surface area contributed by atoms with Crippen LogP contribution in [0, 0.1) is 0 Å². The van der Waals surface area contributed by atoms with E-state index in [1.807, 2.05) is 31.2 Å². The number of hydrogen-bond acceptors (Lipinski definition) is 5. The number of amides is 2. The summed E-state index contributed by atoms with van der Waals surface area (Å²) in [7, 11) is 3.13. The SMILES string of the molecule is CCCCC(=O)Nc1ccc(SC(C)C(=O)Nc2cc(OC)cc(OC)c2)cc1. The van der Waals surface area contributed by atoms with Crippen LogP contribution in [0.25, 0.3) is 0 Å². The molecule has 0 radical (unpaired) electrons. The molecule has 2 rings (SSSR count). The van der Waals surface area contributed by atoms with Crippen LogP contribution >= 0.6 is 11.8 Å². The molecule has 6 nitrogen and oxygen atoms in total. The summed E-state index contributed by atoms with van der Waals surface area (Å²) in [5.74, 6) is 1.11. The molecule has 0 heterocycles. The third kappa shape index (κ3) is 7.34. The van der Waals surface area contributed by atoms with Gasteiger partial charge in [-0.2, -0.15) is 0 Å². The zero-order chi connectivity index (χ0) is 21.2. The van der Waals surface area contributed by atoms with Crippen LogP contribution in [0.4, 0.5) is 11.4 Å². The van der Waals surface area contributed by atoms with Gasteiger partial charge in [-0.15, -0.1) is 11.8 Å². The van der Waals surface area contributed by atoms with E-state index >= 15 is 0 Å². The van der Waals surface area contributed by atoms with E-state index in [-0.39, 0.29) is 17.1 Å². The quantitative estimate of drug-likeness (QED) is 0.536. The van der Waals surface area contributed by atoms with Crippen LogP contribution in [0.1, 0.15) is 33.1 Å². The Labute approximate surface area is 176 Å². The van der Waals surface area contributed by atoms with Gasteiger partial charge in [-0.3, -0.25) is 9.59 Å². The lowest BCUT2D eigenvalue weighted by Crippen LogP contribution is -2.22. The number of ether oxygens (including phenoxy) is 2. The lowest BCUT2D eigenvalue weighted by atomic mass is 10.2. The summed E-state index contributed by atoms with van der Waals surface area (Å²) >= 11 is 1.45. The predicted octanol–water partition coefficient (Wildman–Crippen LogP) is 4.95. The molecule has 2 aromatic carbocycles. The minimum Gasteiger partial charge on any atom is -0.497 e. The molecule has 0 aromatic heterocycles.